The third-order valence-electron chi connectivity index (χ3n) is 3.38. The second kappa shape index (κ2) is 6.20. The third-order valence-corrected chi connectivity index (χ3v) is 4.03. The van der Waals surface area contributed by atoms with Crippen LogP contribution < -0.4 is 0 Å². The van der Waals surface area contributed by atoms with Crippen molar-refractivity contribution in [3.05, 3.63) is 11.1 Å². The van der Waals surface area contributed by atoms with E-state index in [9.17, 15) is 9.59 Å². The van der Waals surface area contributed by atoms with Crippen molar-refractivity contribution in [1.82, 2.24) is 19.4 Å². The minimum absolute atomic E-state index is 0.0844. The number of aromatic nitrogens is 2. The number of piperazine rings is 1. The van der Waals surface area contributed by atoms with E-state index in [-0.39, 0.29) is 24.1 Å². The van der Waals surface area contributed by atoms with Crippen LogP contribution >= 0.6 is 11.5 Å². The van der Waals surface area contributed by atoms with Gasteiger partial charge in [-0.25, -0.2) is 4.79 Å². The molecule has 7 nitrogen and oxygen atoms in total. The quantitative estimate of drug-likeness (QED) is 0.789. The molecule has 1 aliphatic heterocycles. The maximum Gasteiger partial charge on any atom is 0.410 e. The van der Waals surface area contributed by atoms with Crippen LogP contribution in [0.25, 0.3) is 0 Å². The van der Waals surface area contributed by atoms with Crippen LogP contribution in [-0.2, 0) is 4.74 Å². The minimum Gasteiger partial charge on any atom is -0.444 e. The molecular weight excluding hydrogens is 304 g/mol. The van der Waals surface area contributed by atoms with Crippen molar-refractivity contribution in [1.29, 1.82) is 0 Å². The van der Waals surface area contributed by atoms with Crippen molar-refractivity contribution >= 4 is 23.5 Å². The van der Waals surface area contributed by atoms with Crippen molar-refractivity contribution in [3.8, 4) is 0 Å². The molecule has 0 bridgehead atoms. The smallest absolute Gasteiger partial charge is 0.410 e. The fourth-order valence-electron chi connectivity index (χ4n) is 2.59. The monoisotopic (exact) mass is 326 g/mol. The van der Waals surface area contributed by atoms with Gasteiger partial charge in [-0.15, -0.1) is 5.10 Å². The lowest BCUT2D eigenvalue weighted by atomic mass is 10.1. The van der Waals surface area contributed by atoms with Gasteiger partial charge < -0.3 is 14.5 Å². The Balaban J connectivity index is 2.06. The molecule has 8 heteroatoms. The fourth-order valence-corrected chi connectivity index (χ4v) is 3.05. The SMILES string of the molecule is C[C@@H]1CN(C(=O)OC(C)(C)C)C[C@@H](C)N1C(=O)c1cnns1. The van der Waals surface area contributed by atoms with E-state index in [1.807, 2.05) is 34.6 Å². The first-order valence-electron chi connectivity index (χ1n) is 7.27. The second-order valence-electron chi connectivity index (χ2n) is 6.58. The topological polar surface area (TPSA) is 75.6 Å². The summed E-state index contributed by atoms with van der Waals surface area (Å²) in [5.41, 5.74) is -0.523. The molecule has 0 unspecified atom stereocenters. The first-order valence-corrected chi connectivity index (χ1v) is 8.04. The van der Waals surface area contributed by atoms with Crippen LogP contribution in [-0.4, -0.2) is 62.2 Å². The van der Waals surface area contributed by atoms with Crippen molar-refractivity contribution in [2.75, 3.05) is 13.1 Å². The van der Waals surface area contributed by atoms with Gasteiger partial charge in [-0.05, 0) is 46.2 Å². The molecule has 0 radical (unpaired) electrons. The normalized spacial score (nSPS) is 22.6. The summed E-state index contributed by atoms with van der Waals surface area (Å²) in [5.74, 6) is -0.0844. The lowest BCUT2D eigenvalue weighted by Gasteiger charge is -2.44. The molecule has 0 saturated carbocycles. The third kappa shape index (κ3) is 3.73. The summed E-state index contributed by atoms with van der Waals surface area (Å²) in [7, 11) is 0. The van der Waals surface area contributed by atoms with Gasteiger partial charge in [0.05, 0.1) is 6.20 Å². The average Bonchev–Trinajstić information content (AvgIpc) is 2.89. The molecule has 1 saturated heterocycles. The molecular formula is C14H22N4O3S. The lowest BCUT2D eigenvalue weighted by molar-refractivity contribution is -0.00475. The second-order valence-corrected chi connectivity index (χ2v) is 7.36. The molecule has 1 aromatic rings. The Morgan fingerprint density at radius 2 is 1.86 bits per heavy atom. The van der Waals surface area contributed by atoms with Gasteiger partial charge in [0.1, 0.15) is 10.5 Å². The maximum absolute atomic E-state index is 12.5. The molecule has 1 aliphatic rings. The van der Waals surface area contributed by atoms with E-state index in [4.69, 9.17) is 4.74 Å². The van der Waals surface area contributed by atoms with Crippen LogP contribution in [0.15, 0.2) is 6.20 Å². The van der Waals surface area contributed by atoms with E-state index in [1.54, 1.807) is 9.80 Å². The maximum atomic E-state index is 12.5. The predicted octanol–water partition coefficient (Wildman–Crippen LogP) is 2.01. The van der Waals surface area contributed by atoms with Gasteiger partial charge in [0.15, 0.2) is 0 Å². The van der Waals surface area contributed by atoms with Crippen molar-refractivity contribution in [2.45, 2.75) is 52.3 Å². The molecule has 2 atom stereocenters. The van der Waals surface area contributed by atoms with Crippen LogP contribution in [0.4, 0.5) is 4.79 Å². The zero-order chi connectivity index (χ0) is 16.5. The van der Waals surface area contributed by atoms with Crippen LogP contribution in [0.5, 0.6) is 0 Å². The standard InChI is InChI=1S/C14H22N4O3S/c1-9-7-17(13(20)21-14(3,4)5)8-10(2)18(9)12(19)11-6-15-16-22-11/h6,9-10H,7-8H2,1-5H3/t9-,10-/m1/s1. The number of rotatable bonds is 1. The molecule has 0 aromatic carbocycles. The van der Waals surface area contributed by atoms with E-state index in [0.29, 0.717) is 18.0 Å². The lowest BCUT2D eigenvalue weighted by Crippen LogP contribution is -2.60. The van der Waals surface area contributed by atoms with Crippen LogP contribution in [0.3, 0.4) is 0 Å². The highest BCUT2D eigenvalue weighted by atomic mass is 32.1. The molecule has 0 spiro atoms. The molecule has 2 heterocycles. The molecule has 1 aromatic heterocycles. The van der Waals surface area contributed by atoms with Gasteiger partial charge in [0.2, 0.25) is 0 Å². The van der Waals surface area contributed by atoms with E-state index >= 15 is 0 Å². The largest absolute Gasteiger partial charge is 0.444 e. The number of amides is 2. The Hall–Kier alpha value is -1.70. The number of hydrogen-bond acceptors (Lipinski definition) is 6. The van der Waals surface area contributed by atoms with Crippen molar-refractivity contribution in [3.63, 3.8) is 0 Å². The molecule has 1 fully saturated rings. The first kappa shape index (κ1) is 16.7. The van der Waals surface area contributed by atoms with Crippen LogP contribution in [0.1, 0.15) is 44.3 Å². The zero-order valence-corrected chi connectivity index (χ0v) is 14.4. The number of nitrogens with zero attached hydrogens (tertiary/aromatic N) is 4. The van der Waals surface area contributed by atoms with E-state index in [0.717, 1.165) is 11.5 Å². The summed E-state index contributed by atoms with van der Waals surface area (Å²) in [6.45, 7) is 10.3. The highest BCUT2D eigenvalue weighted by Crippen LogP contribution is 2.21. The van der Waals surface area contributed by atoms with Gasteiger partial charge in [-0.1, -0.05) is 4.49 Å². The summed E-state index contributed by atoms with van der Waals surface area (Å²) < 4.78 is 9.14. The molecule has 122 valence electrons. The highest BCUT2D eigenvalue weighted by molar-refractivity contribution is 7.07. The molecule has 0 N–H and O–H groups in total. The van der Waals surface area contributed by atoms with Gasteiger partial charge in [0.25, 0.3) is 5.91 Å². The van der Waals surface area contributed by atoms with Gasteiger partial charge >= 0.3 is 6.09 Å². The van der Waals surface area contributed by atoms with Crippen LogP contribution in [0, 0.1) is 0 Å². The summed E-state index contributed by atoms with van der Waals surface area (Å²) >= 11 is 1.09. The van der Waals surface area contributed by atoms with Gasteiger partial charge in [0, 0.05) is 25.2 Å². The molecule has 22 heavy (non-hydrogen) atoms. The zero-order valence-electron chi connectivity index (χ0n) is 13.6. The van der Waals surface area contributed by atoms with Crippen molar-refractivity contribution in [2.24, 2.45) is 0 Å². The van der Waals surface area contributed by atoms with E-state index in [2.05, 4.69) is 9.59 Å². The Morgan fingerprint density at radius 3 is 2.32 bits per heavy atom. The minimum atomic E-state index is -0.523. The Kier molecular flexibility index (Phi) is 4.69. The molecule has 2 amide bonds. The Labute approximate surface area is 134 Å². The Bertz CT molecular complexity index is 529. The predicted molar refractivity (Wildman–Crippen MR) is 82.8 cm³/mol. The number of carbonyl (C=O) groups excluding carboxylic acids is 2. The highest BCUT2D eigenvalue weighted by Gasteiger charge is 2.37. The summed E-state index contributed by atoms with van der Waals surface area (Å²) in [6.07, 6.45) is 1.14. The average molecular weight is 326 g/mol. The van der Waals surface area contributed by atoms with Gasteiger partial charge in [-0.2, -0.15) is 0 Å². The summed E-state index contributed by atoms with van der Waals surface area (Å²) in [4.78, 5) is 28.7. The summed E-state index contributed by atoms with van der Waals surface area (Å²) in [6, 6.07) is -0.184. The first-order chi connectivity index (χ1) is 10.2. The number of carbonyl (C=O) groups is 2. The van der Waals surface area contributed by atoms with Crippen molar-refractivity contribution < 1.29 is 14.3 Å². The molecule has 2 rings (SSSR count). The fraction of sp³-hybridized carbons (Fsp3) is 0.714. The number of ether oxygens (including phenoxy) is 1. The van der Waals surface area contributed by atoms with Crippen LogP contribution in [0.2, 0.25) is 0 Å². The van der Waals surface area contributed by atoms with Gasteiger partial charge in [-0.3, -0.25) is 4.79 Å². The summed E-state index contributed by atoms with van der Waals surface area (Å²) in [5, 5.41) is 3.71. The van der Waals surface area contributed by atoms with E-state index in [1.165, 1.54) is 6.20 Å². The van der Waals surface area contributed by atoms with E-state index < -0.39 is 5.60 Å². The Morgan fingerprint density at radius 1 is 1.27 bits per heavy atom. The number of hydrogen-bond donors (Lipinski definition) is 0. The molecule has 0 aliphatic carbocycles.